The van der Waals surface area contributed by atoms with Gasteiger partial charge < -0.3 is 19.5 Å². The predicted molar refractivity (Wildman–Crippen MR) is 170 cm³/mol. The van der Waals surface area contributed by atoms with Gasteiger partial charge >= 0.3 is 0 Å². The SMILES string of the molecule is CCCCN(CC(=O)N(CCc1c[nH]c2ccccc12)Cc1ccc(OCC)cc1)C(=O)c1ccc2ccccc2c1. The molecule has 0 atom stereocenters. The van der Waals surface area contributed by atoms with Crippen molar-refractivity contribution in [3.05, 3.63) is 114 Å². The zero-order valence-electron chi connectivity index (χ0n) is 24.5. The molecule has 0 fully saturated rings. The maximum atomic E-state index is 14.0. The molecule has 216 valence electrons. The van der Waals surface area contributed by atoms with Crippen LogP contribution in [-0.2, 0) is 17.8 Å². The quantitative estimate of drug-likeness (QED) is 0.165. The number of unbranched alkanes of at least 4 members (excludes halogenated alkanes) is 1. The molecular formula is C36H39N3O3. The van der Waals surface area contributed by atoms with Crippen molar-refractivity contribution < 1.29 is 14.3 Å². The van der Waals surface area contributed by atoms with E-state index in [1.165, 1.54) is 10.9 Å². The van der Waals surface area contributed by atoms with Crippen LogP contribution in [-0.4, -0.2) is 52.8 Å². The number of fused-ring (bicyclic) bond motifs is 2. The lowest BCUT2D eigenvalue weighted by Crippen LogP contribution is -2.43. The Labute approximate surface area is 247 Å². The number of nitrogens with zero attached hydrogens (tertiary/aromatic N) is 2. The molecule has 42 heavy (non-hydrogen) atoms. The van der Waals surface area contributed by atoms with Gasteiger partial charge in [-0.15, -0.1) is 0 Å². The Morgan fingerprint density at radius 1 is 0.810 bits per heavy atom. The Kier molecular flexibility index (Phi) is 9.55. The third-order valence-electron chi connectivity index (χ3n) is 7.68. The summed E-state index contributed by atoms with van der Waals surface area (Å²) in [6, 6.07) is 29.9. The van der Waals surface area contributed by atoms with E-state index in [2.05, 4.69) is 24.0 Å². The Bertz CT molecular complexity index is 1640. The minimum absolute atomic E-state index is 0.0383. The molecule has 0 bridgehead atoms. The fraction of sp³-hybridized carbons (Fsp3) is 0.278. The fourth-order valence-corrected chi connectivity index (χ4v) is 5.33. The van der Waals surface area contributed by atoms with Crippen LogP contribution in [0.2, 0.25) is 0 Å². The monoisotopic (exact) mass is 561 g/mol. The van der Waals surface area contributed by atoms with Crippen molar-refractivity contribution in [1.82, 2.24) is 14.8 Å². The van der Waals surface area contributed by atoms with Crippen molar-refractivity contribution in [3.8, 4) is 5.75 Å². The van der Waals surface area contributed by atoms with Crippen LogP contribution in [0.3, 0.4) is 0 Å². The minimum Gasteiger partial charge on any atom is -0.494 e. The van der Waals surface area contributed by atoms with Crippen molar-refractivity contribution in [2.45, 2.75) is 39.7 Å². The van der Waals surface area contributed by atoms with Crippen LogP contribution in [0.4, 0.5) is 0 Å². The molecule has 0 radical (unpaired) electrons. The van der Waals surface area contributed by atoms with Crippen LogP contribution in [0.15, 0.2) is 97.2 Å². The van der Waals surface area contributed by atoms with Gasteiger partial charge in [0.2, 0.25) is 5.91 Å². The zero-order chi connectivity index (χ0) is 29.3. The van der Waals surface area contributed by atoms with Gasteiger partial charge in [-0.25, -0.2) is 0 Å². The first kappa shape index (κ1) is 28.9. The summed E-state index contributed by atoms with van der Waals surface area (Å²) in [7, 11) is 0. The van der Waals surface area contributed by atoms with Gasteiger partial charge in [-0.2, -0.15) is 0 Å². The third kappa shape index (κ3) is 7.00. The highest BCUT2D eigenvalue weighted by molar-refractivity contribution is 6.00. The highest BCUT2D eigenvalue weighted by Gasteiger charge is 2.23. The highest BCUT2D eigenvalue weighted by atomic mass is 16.5. The van der Waals surface area contributed by atoms with Gasteiger partial charge in [0.05, 0.1) is 6.61 Å². The van der Waals surface area contributed by atoms with E-state index < -0.39 is 0 Å². The van der Waals surface area contributed by atoms with Crippen LogP contribution < -0.4 is 4.74 Å². The van der Waals surface area contributed by atoms with E-state index in [9.17, 15) is 9.59 Å². The standard InChI is InChI=1S/C36H39N3O3/c1-3-5-21-39(36(41)30-17-16-28-10-6-7-11-29(28)23-30)26-35(40)38(25-27-14-18-32(19-15-27)42-4-2)22-20-31-24-37-34-13-9-8-12-33(31)34/h6-19,23-24,37H,3-5,20-22,25-26H2,1-2H3. The molecule has 0 aliphatic carbocycles. The fourth-order valence-electron chi connectivity index (χ4n) is 5.33. The van der Waals surface area contributed by atoms with E-state index in [-0.39, 0.29) is 18.4 Å². The van der Waals surface area contributed by atoms with Gasteiger partial charge in [0.25, 0.3) is 5.91 Å². The molecule has 1 N–H and O–H groups in total. The number of amides is 2. The van der Waals surface area contributed by atoms with Crippen LogP contribution in [0, 0.1) is 0 Å². The number of para-hydroxylation sites is 1. The second-order valence-corrected chi connectivity index (χ2v) is 10.6. The lowest BCUT2D eigenvalue weighted by Gasteiger charge is -2.28. The molecule has 0 aliphatic rings. The number of hydrogen-bond acceptors (Lipinski definition) is 3. The average Bonchev–Trinajstić information content (AvgIpc) is 3.44. The first-order chi connectivity index (χ1) is 20.6. The topological polar surface area (TPSA) is 65.6 Å². The number of ether oxygens (including phenoxy) is 1. The lowest BCUT2D eigenvalue weighted by atomic mass is 10.1. The molecule has 0 saturated carbocycles. The predicted octanol–water partition coefficient (Wildman–Crippen LogP) is 7.23. The van der Waals surface area contributed by atoms with Gasteiger partial charge in [0, 0.05) is 42.3 Å². The molecule has 6 heteroatoms. The van der Waals surface area contributed by atoms with Gasteiger partial charge in [-0.1, -0.05) is 74.0 Å². The van der Waals surface area contributed by atoms with Crippen LogP contribution in [0.1, 0.15) is 48.2 Å². The molecule has 0 aliphatic heterocycles. The molecule has 1 aromatic heterocycles. The van der Waals surface area contributed by atoms with Gasteiger partial charge in [-0.3, -0.25) is 9.59 Å². The van der Waals surface area contributed by atoms with Crippen molar-refractivity contribution in [2.75, 3.05) is 26.2 Å². The molecule has 2 amide bonds. The van der Waals surface area contributed by atoms with Crippen molar-refractivity contribution in [2.24, 2.45) is 0 Å². The number of rotatable bonds is 13. The summed E-state index contributed by atoms with van der Waals surface area (Å²) in [4.78, 5) is 34.6. The summed E-state index contributed by atoms with van der Waals surface area (Å²) >= 11 is 0. The maximum Gasteiger partial charge on any atom is 0.254 e. The molecule has 0 spiro atoms. The van der Waals surface area contributed by atoms with Crippen LogP contribution >= 0.6 is 0 Å². The van der Waals surface area contributed by atoms with E-state index in [1.54, 1.807) is 4.90 Å². The molecule has 5 aromatic rings. The number of H-pyrrole nitrogens is 1. The van der Waals surface area contributed by atoms with Crippen LogP contribution in [0.25, 0.3) is 21.7 Å². The Hall–Kier alpha value is -4.58. The number of aromatic amines is 1. The zero-order valence-corrected chi connectivity index (χ0v) is 24.5. The maximum absolute atomic E-state index is 14.0. The highest BCUT2D eigenvalue weighted by Crippen LogP contribution is 2.21. The lowest BCUT2D eigenvalue weighted by molar-refractivity contribution is -0.132. The number of carbonyl (C=O) groups is 2. The van der Waals surface area contributed by atoms with E-state index in [4.69, 9.17) is 4.74 Å². The number of hydrogen-bond donors (Lipinski definition) is 1. The Balaban J connectivity index is 1.37. The number of nitrogens with one attached hydrogen (secondary N) is 1. The second kappa shape index (κ2) is 13.9. The number of aromatic nitrogens is 1. The van der Waals surface area contributed by atoms with Crippen molar-refractivity contribution >= 4 is 33.5 Å². The van der Waals surface area contributed by atoms with E-state index in [0.29, 0.717) is 38.2 Å². The summed E-state index contributed by atoms with van der Waals surface area (Å²) < 4.78 is 5.61. The number of carbonyl (C=O) groups excluding carboxylic acids is 2. The largest absolute Gasteiger partial charge is 0.494 e. The van der Waals surface area contributed by atoms with E-state index in [0.717, 1.165) is 40.4 Å². The van der Waals surface area contributed by atoms with Crippen molar-refractivity contribution in [3.63, 3.8) is 0 Å². The van der Waals surface area contributed by atoms with E-state index in [1.807, 2.05) is 96.9 Å². The summed E-state index contributed by atoms with van der Waals surface area (Å²) in [5.41, 5.74) is 3.88. The van der Waals surface area contributed by atoms with Crippen LogP contribution in [0.5, 0.6) is 5.75 Å². The Morgan fingerprint density at radius 2 is 1.57 bits per heavy atom. The second-order valence-electron chi connectivity index (χ2n) is 10.6. The molecular weight excluding hydrogens is 522 g/mol. The van der Waals surface area contributed by atoms with Gasteiger partial charge in [0.15, 0.2) is 0 Å². The summed E-state index contributed by atoms with van der Waals surface area (Å²) in [6.45, 7) is 6.23. The average molecular weight is 562 g/mol. The molecule has 1 heterocycles. The molecule has 0 saturated heterocycles. The van der Waals surface area contributed by atoms with Gasteiger partial charge in [0.1, 0.15) is 12.3 Å². The first-order valence-corrected chi connectivity index (χ1v) is 14.9. The normalized spacial score (nSPS) is 11.1. The molecule has 4 aromatic carbocycles. The smallest absolute Gasteiger partial charge is 0.254 e. The summed E-state index contributed by atoms with van der Waals surface area (Å²) in [5, 5.41) is 3.27. The first-order valence-electron chi connectivity index (χ1n) is 14.9. The Morgan fingerprint density at radius 3 is 2.36 bits per heavy atom. The van der Waals surface area contributed by atoms with Crippen molar-refractivity contribution in [1.29, 1.82) is 0 Å². The van der Waals surface area contributed by atoms with Gasteiger partial charge in [-0.05, 0) is 72.0 Å². The summed E-state index contributed by atoms with van der Waals surface area (Å²) in [5.74, 6) is 0.638. The molecule has 5 rings (SSSR count). The third-order valence-corrected chi connectivity index (χ3v) is 7.68. The van der Waals surface area contributed by atoms with E-state index >= 15 is 0 Å². The minimum atomic E-state index is -0.111. The molecule has 0 unspecified atom stereocenters. The number of benzene rings is 4. The summed E-state index contributed by atoms with van der Waals surface area (Å²) in [6.07, 6.45) is 4.51. The molecule has 6 nitrogen and oxygen atoms in total.